The molecule has 1 amide bonds. The molecule has 3 aliphatic heterocycles. The van der Waals surface area contributed by atoms with E-state index in [0.29, 0.717) is 36.8 Å². The number of para-hydroxylation sites is 1. The normalized spacial score (nSPS) is 18.4. The zero-order valence-corrected chi connectivity index (χ0v) is 15.3. The van der Waals surface area contributed by atoms with Crippen LogP contribution >= 0.6 is 0 Å². The molecule has 0 aliphatic carbocycles. The zero-order chi connectivity index (χ0) is 18.4. The van der Waals surface area contributed by atoms with Gasteiger partial charge < -0.3 is 19.1 Å². The molecule has 1 aromatic carbocycles. The summed E-state index contributed by atoms with van der Waals surface area (Å²) >= 11 is 0. The summed E-state index contributed by atoms with van der Waals surface area (Å²) in [6.07, 6.45) is 1.74. The number of amidine groups is 1. The minimum Gasteiger partial charge on any atom is -0.442 e. The van der Waals surface area contributed by atoms with Gasteiger partial charge in [0.1, 0.15) is 17.9 Å². The molecular formula is C20H21N5O2. The number of benzene rings is 1. The number of amides is 1. The van der Waals surface area contributed by atoms with Crippen LogP contribution in [0.15, 0.2) is 44.7 Å². The predicted molar refractivity (Wildman–Crippen MR) is 104 cm³/mol. The molecule has 1 saturated heterocycles. The van der Waals surface area contributed by atoms with E-state index in [0.717, 1.165) is 31.0 Å². The monoisotopic (exact) mass is 363 g/mol. The van der Waals surface area contributed by atoms with E-state index in [1.807, 2.05) is 34.9 Å². The molecule has 5 rings (SSSR count). The van der Waals surface area contributed by atoms with Crippen LogP contribution in [-0.2, 0) is 0 Å². The highest BCUT2D eigenvalue weighted by Gasteiger charge is 2.35. The summed E-state index contributed by atoms with van der Waals surface area (Å²) < 4.78 is 5.78. The maximum Gasteiger partial charge on any atom is 0.258 e. The van der Waals surface area contributed by atoms with Crippen LogP contribution in [-0.4, -0.2) is 67.1 Å². The van der Waals surface area contributed by atoms with Crippen LogP contribution in [0.25, 0.3) is 0 Å². The topological polar surface area (TPSA) is 64.7 Å². The Bertz CT molecular complexity index is 939. The quantitative estimate of drug-likeness (QED) is 0.821. The lowest BCUT2D eigenvalue weighted by atomic mass is 10.1. The lowest BCUT2D eigenvalue weighted by Crippen LogP contribution is -2.49. The van der Waals surface area contributed by atoms with E-state index < -0.39 is 0 Å². The Kier molecular flexibility index (Phi) is 3.74. The van der Waals surface area contributed by atoms with Crippen molar-refractivity contribution in [1.29, 1.82) is 0 Å². The number of furan rings is 1. The fourth-order valence-electron chi connectivity index (χ4n) is 3.97. The summed E-state index contributed by atoms with van der Waals surface area (Å²) in [5.74, 6) is 1.93. The lowest BCUT2D eigenvalue weighted by molar-refractivity contribution is 0.0745. The van der Waals surface area contributed by atoms with Gasteiger partial charge in [0, 0.05) is 38.4 Å². The molecule has 138 valence electrons. The second-order valence-corrected chi connectivity index (χ2v) is 6.97. The number of nitrogens with zero attached hydrogens (tertiary/aromatic N) is 5. The van der Waals surface area contributed by atoms with Crippen LogP contribution in [0.4, 0.5) is 11.6 Å². The molecule has 4 heterocycles. The van der Waals surface area contributed by atoms with Crippen molar-refractivity contribution < 1.29 is 9.21 Å². The minimum absolute atomic E-state index is 0.0110. The molecule has 0 spiro atoms. The van der Waals surface area contributed by atoms with E-state index in [9.17, 15) is 4.79 Å². The molecule has 1 fully saturated rings. The molecule has 0 atom stereocenters. The van der Waals surface area contributed by atoms with Gasteiger partial charge in [0.15, 0.2) is 0 Å². The average Bonchev–Trinajstić information content (AvgIpc) is 3.31. The standard InChI is InChI=1S/C20H21N5O2/c1-14-16(17-18-21-7-8-25(18)13-22-19(17)27-14)20(26)24-11-9-23(10-12-24)15-5-3-2-4-6-15/h2-6,13H,7-12H2,1H3. The SMILES string of the molecule is Cc1oc2c(c1C(=O)N1CCN(c3ccccc3)CC1)C1=NCCN1C=N2. The Labute approximate surface area is 157 Å². The fraction of sp³-hybridized carbons (Fsp3) is 0.350. The molecule has 7 heteroatoms. The van der Waals surface area contributed by atoms with E-state index in [-0.39, 0.29) is 5.91 Å². The first kappa shape index (κ1) is 16.1. The molecule has 0 radical (unpaired) electrons. The van der Waals surface area contributed by atoms with E-state index in [1.165, 1.54) is 5.69 Å². The number of rotatable bonds is 2. The molecule has 0 N–H and O–H groups in total. The Balaban J connectivity index is 1.39. The van der Waals surface area contributed by atoms with Crippen LogP contribution in [0.2, 0.25) is 0 Å². The second-order valence-electron chi connectivity index (χ2n) is 6.97. The lowest BCUT2D eigenvalue weighted by Gasteiger charge is -2.36. The van der Waals surface area contributed by atoms with Crippen LogP contribution in [0.1, 0.15) is 21.7 Å². The van der Waals surface area contributed by atoms with E-state index >= 15 is 0 Å². The number of anilines is 1. The third kappa shape index (κ3) is 2.61. The number of fused-ring (bicyclic) bond motifs is 3. The van der Waals surface area contributed by atoms with Crippen molar-refractivity contribution in [1.82, 2.24) is 9.80 Å². The van der Waals surface area contributed by atoms with Crippen LogP contribution in [0.3, 0.4) is 0 Å². The molecule has 2 aromatic rings. The Morgan fingerprint density at radius 3 is 2.63 bits per heavy atom. The highest BCUT2D eigenvalue weighted by Crippen LogP contribution is 2.35. The summed E-state index contributed by atoms with van der Waals surface area (Å²) in [5.41, 5.74) is 2.57. The zero-order valence-electron chi connectivity index (χ0n) is 15.3. The molecule has 1 aromatic heterocycles. The van der Waals surface area contributed by atoms with Gasteiger partial charge in [0.2, 0.25) is 5.88 Å². The highest BCUT2D eigenvalue weighted by molar-refractivity contribution is 6.17. The van der Waals surface area contributed by atoms with Crippen molar-refractivity contribution in [2.75, 3.05) is 44.2 Å². The number of carbonyl (C=O) groups is 1. The van der Waals surface area contributed by atoms with Crippen molar-refractivity contribution in [3.8, 4) is 0 Å². The molecule has 0 saturated carbocycles. The van der Waals surface area contributed by atoms with Gasteiger partial charge in [-0.2, -0.15) is 0 Å². The average molecular weight is 363 g/mol. The van der Waals surface area contributed by atoms with Crippen molar-refractivity contribution >= 4 is 29.7 Å². The molecule has 7 nitrogen and oxygen atoms in total. The molecule has 0 bridgehead atoms. The van der Waals surface area contributed by atoms with Gasteiger partial charge in [-0.25, -0.2) is 4.99 Å². The Morgan fingerprint density at radius 2 is 1.85 bits per heavy atom. The van der Waals surface area contributed by atoms with Gasteiger partial charge >= 0.3 is 0 Å². The molecule has 27 heavy (non-hydrogen) atoms. The highest BCUT2D eigenvalue weighted by atomic mass is 16.4. The first-order chi connectivity index (χ1) is 13.2. The number of aryl methyl sites for hydroxylation is 1. The van der Waals surface area contributed by atoms with Crippen molar-refractivity contribution in [3.05, 3.63) is 47.2 Å². The van der Waals surface area contributed by atoms with Crippen LogP contribution < -0.4 is 4.90 Å². The Morgan fingerprint density at radius 1 is 1.07 bits per heavy atom. The van der Waals surface area contributed by atoms with Gasteiger partial charge in [-0.05, 0) is 19.1 Å². The summed E-state index contributed by atoms with van der Waals surface area (Å²) in [5, 5.41) is 0. The first-order valence-corrected chi connectivity index (χ1v) is 9.30. The van der Waals surface area contributed by atoms with E-state index in [4.69, 9.17) is 4.42 Å². The molecule has 3 aliphatic rings. The maximum atomic E-state index is 13.3. The maximum absolute atomic E-state index is 13.3. The first-order valence-electron chi connectivity index (χ1n) is 9.30. The summed E-state index contributed by atoms with van der Waals surface area (Å²) in [4.78, 5) is 28.5. The second kappa shape index (κ2) is 6.26. The number of aliphatic imine (C=N–C) groups is 2. The molecule has 0 unspecified atom stereocenters. The Hall–Kier alpha value is -3.09. The van der Waals surface area contributed by atoms with Crippen molar-refractivity contribution in [2.24, 2.45) is 9.98 Å². The number of hydrogen-bond acceptors (Lipinski definition) is 6. The number of piperazine rings is 1. The predicted octanol–water partition coefficient (Wildman–Crippen LogP) is 2.29. The smallest absolute Gasteiger partial charge is 0.258 e. The number of hydrogen-bond donors (Lipinski definition) is 0. The van der Waals surface area contributed by atoms with Gasteiger partial charge in [0.25, 0.3) is 5.91 Å². The summed E-state index contributed by atoms with van der Waals surface area (Å²) in [7, 11) is 0. The molecular weight excluding hydrogens is 342 g/mol. The largest absolute Gasteiger partial charge is 0.442 e. The summed E-state index contributed by atoms with van der Waals surface area (Å²) in [6.45, 7) is 6.36. The van der Waals surface area contributed by atoms with Crippen molar-refractivity contribution in [3.63, 3.8) is 0 Å². The van der Waals surface area contributed by atoms with Gasteiger partial charge in [-0.3, -0.25) is 9.79 Å². The fourth-order valence-corrected chi connectivity index (χ4v) is 3.97. The minimum atomic E-state index is 0.0110. The van der Waals surface area contributed by atoms with Gasteiger partial charge in [-0.1, -0.05) is 18.2 Å². The van der Waals surface area contributed by atoms with Gasteiger partial charge in [-0.15, -0.1) is 0 Å². The van der Waals surface area contributed by atoms with Crippen LogP contribution in [0.5, 0.6) is 0 Å². The van der Waals surface area contributed by atoms with E-state index in [1.54, 1.807) is 6.34 Å². The van der Waals surface area contributed by atoms with Crippen LogP contribution in [0, 0.1) is 6.92 Å². The van der Waals surface area contributed by atoms with Gasteiger partial charge in [0.05, 0.1) is 17.7 Å². The number of carbonyl (C=O) groups excluding carboxylic acids is 1. The van der Waals surface area contributed by atoms with E-state index in [2.05, 4.69) is 27.0 Å². The van der Waals surface area contributed by atoms with Crippen molar-refractivity contribution in [2.45, 2.75) is 6.92 Å². The summed E-state index contributed by atoms with van der Waals surface area (Å²) in [6, 6.07) is 10.3. The third-order valence-corrected chi connectivity index (χ3v) is 5.38. The third-order valence-electron chi connectivity index (χ3n) is 5.38.